The third-order valence-electron chi connectivity index (χ3n) is 20.2. The molecule has 0 aliphatic heterocycles. The van der Waals surface area contributed by atoms with Gasteiger partial charge in [0.1, 0.15) is 19.3 Å². The quantitative estimate of drug-likeness (QED) is 0.0222. The van der Waals surface area contributed by atoms with Crippen LogP contribution in [0.5, 0.6) is 0 Å². The standard InChI is InChI=1S/C85H166O17P2/c1-8-10-11-12-13-14-15-16-17-18-19-20-21-22-27-30-40-47-54-61-68-84(89)101-80(72-95-82(87)66-59-52-45-38-29-26-24-23-25-28-35-42-49-56-63-76(3)4)74-99-103(91,92)97-70-79(86)71-98-104(93,94)100-75-81(73-96-83(88)67-60-53-46-39-33-31-36-43-50-57-64-77(5)6)102-85(90)69-62-55-48-41-34-32-37-44-51-58-65-78(7)9-2/h76-81,86H,8-75H2,1-7H3,(H,91,92)(H,93,94)/t78?,79-,80-,81-/m1/s1. The summed E-state index contributed by atoms with van der Waals surface area (Å²) in [5, 5.41) is 10.7. The van der Waals surface area contributed by atoms with Crippen LogP contribution >= 0.6 is 15.6 Å². The molecule has 0 bridgehead atoms. The van der Waals surface area contributed by atoms with E-state index in [1.54, 1.807) is 0 Å². The van der Waals surface area contributed by atoms with Gasteiger partial charge in [-0.15, -0.1) is 0 Å². The van der Waals surface area contributed by atoms with Crippen molar-refractivity contribution in [1.29, 1.82) is 0 Å². The Hall–Kier alpha value is -1.94. The van der Waals surface area contributed by atoms with Crippen LogP contribution in [0.25, 0.3) is 0 Å². The molecular weight excluding hydrogens is 1350 g/mol. The Balaban J connectivity index is 5.26. The normalized spacial score (nSPS) is 14.2. The monoisotopic (exact) mass is 1520 g/mol. The molecule has 0 aromatic carbocycles. The molecule has 0 fully saturated rings. The number of aliphatic hydroxyl groups is 1. The third kappa shape index (κ3) is 76.8. The smallest absolute Gasteiger partial charge is 0.462 e. The van der Waals surface area contributed by atoms with Gasteiger partial charge in [0.25, 0.3) is 0 Å². The number of aliphatic hydroxyl groups excluding tert-OH is 1. The van der Waals surface area contributed by atoms with Crippen molar-refractivity contribution in [3.8, 4) is 0 Å². The molecule has 0 heterocycles. The van der Waals surface area contributed by atoms with E-state index in [4.69, 9.17) is 37.0 Å². The lowest BCUT2D eigenvalue weighted by Crippen LogP contribution is -2.30. The number of hydrogen-bond donors (Lipinski definition) is 3. The van der Waals surface area contributed by atoms with Crippen molar-refractivity contribution in [2.75, 3.05) is 39.6 Å². The summed E-state index contributed by atoms with van der Waals surface area (Å²) >= 11 is 0. The molecule has 0 aromatic rings. The van der Waals surface area contributed by atoms with Gasteiger partial charge in [0.15, 0.2) is 12.2 Å². The van der Waals surface area contributed by atoms with E-state index >= 15 is 0 Å². The van der Waals surface area contributed by atoms with Gasteiger partial charge in [0, 0.05) is 25.7 Å². The molecule has 0 aliphatic rings. The van der Waals surface area contributed by atoms with Crippen molar-refractivity contribution in [1.82, 2.24) is 0 Å². The largest absolute Gasteiger partial charge is 0.472 e. The molecule has 0 saturated carbocycles. The first-order chi connectivity index (χ1) is 50.3. The zero-order valence-electron chi connectivity index (χ0n) is 68.5. The average Bonchev–Trinajstić information content (AvgIpc) is 0.926. The highest BCUT2D eigenvalue weighted by Gasteiger charge is 2.30. The van der Waals surface area contributed by atoms with Crippen molar-refractivity contribution in [2.24, 2.45) is 17.8 Å². The second kappa shape index (κ2) is 75.1. The summed E-state index contributed by atoms with van der Waals surface area (Å²) in [5.74, 6) is 0.255. The fourth-order valence-corrected chi connectivity index (χ4v) is 14.7. The summed E-state index contributed by atoms with van der Waals surface area (Å²) in [6.07, 6.45) is 65.1. The minimum atomic E-state index is -4.97. The van der Waals surface area contributed by atoms with Gasteiger partial charge in [-0.05, 0) is 43.4 Å². The molecule has 0 spiro atoms. The molecule has 0 saturated heterocycles. The van der Waals surface area contributed by atoms with E-state index < -0.39 is 97.5 Å². The molecule has 0 aliphatic carbocycles. The first kappa shape index (κ1) is 102. The summed E-state index contributed by atoms with van der Waals surface area (Å²) in [7, 11) is -9.93. The van der Waals surface area contributed by atoms with Crippen LogP contribution in [0.2, 0.25) is 0 Å². The predicted octanol–water partition coefficient (Wildman–Crippen LogP) is 25.7. The number of carbonyl (C=O) groups excluding carboxylic acids is 4. The molecule has 618 valence electrons. The van der Waals surface area contributed by atoms with Crippen molar-refractivity contribution in [3.05, 3.63) is 0 Å². The van der Waals surface area contributed by atoms with Gasteiger partial charge in [-0.3, -0.25) is 37.3 Å². The van der Waals surface area contributed by atoms with E-state index in [1.807, 2.05) is 0 Å². The molecule has 6 atom stereocenters. The number of rotatable bonds is 83. The number of ether oxygens (including phenoxy) is 4. The molecule has 0 aromatic heterocycles. The second-order valence-corrected chi connectivity index (χ2v) is 34.7. The maximum atomic E-state index is 13.1. The van der Waals surface area contributed by atoms with Crippen molar-refractivity contribution in [2.45, 2.75) is 465 Å². The van der Waals surface area contributed by atoms with Gasteiger partial charge in [0.2, 0.25) is 0 Å². The fourth-order valence-electron chi connectivity index (χ4n) is 13.2. The van der Waals surface area contributed by atoms with E-state index in [2.05, 4.69) is 48.5 Å². The van der Waals surface area contributed by atoms with Crippen LogP contribution in [0.3, 0.4) is 0 Å². The minimum absolute atomic E-state index is 0.106. The zero-order valence-corrected chi connectivity index (χ0v) is 70.3. The maximum absolute atomic E-state index is 13.1. The van der Waals surface area contributed by atoms with Gasteiger partial charge in [-0.1, -0.05) is 395 Å². The Morgan fingerprint density at radius 2 is 0.490 bits per heavy atom. The topological polar surface area (TPSA) is 237 Å². The van der Waals surface area contributed by atoms with Gasteiger partial charge < -0.3 is 33.8 Å². The maximum Gasteiger partial charge on any atom is 0.472 e. The van der Waals surface area contributed by atoms with Gasteiger partial charge in [0.05, 0.1) is 26.4 Å². The van der Waals surface area contributed by atoms with Crippen LogP contribution in [0.15, 0.2) is 0 Å². The van der Waals surface area contributed by atoms with Crippen molar-refractivity contribution < 1.29 is 80.2 Å². The lowest BCUT2D eigenvalue weighted by molar-refractivity contribution is -0.161. The molecule has 104 heavy (non-hydrogen) atoms. The molecule has 19 heteroatoms. The van der Waals surface area contributed by atoms with Crippen LogP contribution < -0.4 is 0 Å². The first-order valence-corrected chi connectivity index (χ1v) is 46.9. The summed E-state index contributed by atoms with van der Waals surface area (Å²) in [4.78, 5) is 73.2. The summed E-state index contributed by atoms with van der Waals surface area (Å²) in [6.45, 7) is 12.0. The second-order valence-electron chi connectivity index (χ2n) is 31.8. The van der Waals surface area contributed by atoms with Crippen LogP contribution in [-0.2, 0) is 65.4 Å². The number of hydrogen-bond acceptors (Lipinski definition) is 15. The van der Waals surface area contributed by atoms with Crippen LogP contribution in [0.1, 0.15) is 447 Å². The van der Waals surface area contributed by atoms with Crippen LogP contribution in [-0.4, -0.2) is 96.7 Å². The van der Waals surface area contributed by atoms with E-state index in [0.717, 1.165) is 108 Å². The Kier molecular flexibility index (Phi) is 73.7. The highest BCUT2D eigenvalue weighted by Crippen LogP contribution is 2.45. The van der Waals surface area contributed by atoms with Gasteiger partial charge in [-0.25, -0.2) is 9.13 Å². The lowest BCUT2D eigenvalue weighted by Gasteiger charge is -2.21. The SMILES string of the molecule is CCCCCCCCCCCCCCCCCCCCCCC(=O)O[C@H](COC(=O)CCCCCCCCCCCCCCCCC(C)C)COP(=O)(O)OC[C@@H](O)COP(=O)(O)OC[C@@H](COC(=O)CCCCCCCCCCCCC(C)C)OC(=O)CCCCCCCCCCCCC(C)CC. The van der Waals surface area contributed by atoms with Gasteiger partial charge in [-0.2, -0.15) is 0 Å². The highest BCUT2D eigenvalue weighted by molar-refractivity contribution is 7.47. The Morgan fingerprint density at radius 3 is 0.731 bits per heavy atom. The molecular formula is C85H166O17P2. The van der Waals surface area contributed by atoms with E-state index in [9.17, 15) is 43.2 Å². The Bertz CT molecular complexity index is 2010. The summed E-state index contributed by atoms with van der Waals surface area (Å²) < 4.78 is 68.9. The lowest BCUT2D eigenvalue weighted by atomic mass is 9.99. The average molecular weight is 1520 g/mol. The van der Waals surface area contributed by atoms with E-state index in [-0.39, 0.29) is 25.7 Å². The molecule has 0 rings (SSSR count). The first-order valence-electron chi connectivity index (χ1n) is 43.9. The fraction of sp³-hybridized carbons (Fsp3) is 0.953. The highest BCUT2D eigenvalue weighted by atomic mass is 31.2. The molecule has 0 radical (unpaired) electrons. The summed E-state index contributed by atoms with van der Waals surface area (Å²) in [5.41, 5.74) is 0. The molecule has 0 amide bonds. The van der Waals surface area contributed by atoms with Gasteiger partial charge >= 0.3 is 39.5 Å². The zero-order chi connectivity index (χ0) is 76.5. The van der Waals surface area contributed by atoms with Crippen molar-refractivity contribution >= 4 is 39.5 Å². The number of phosphoric ester groups is 2. The minimum Gasteiger partial charge on any atom is -0.462 e. The van der Waals surface area contributed by atoms with Crippen LogP contribution in [0, 0.1) is 17.8 Å². The number of unbranched alkanes of at least 4 members (excludes halogenated alkanes) is 50. The van der Waals surface area contributed by atoms with E-state index in [1.165, 1.54) is 257 Å². The van der Waals surface area contributed by atoms with Crippen molar-refractivity contribution in [3.63, 3.8) is 0 Å². The molecule has 17 nitrogen and oxygen atoms in total. The predicted molar refractivity (Wildman–Crippen MR) is 428 cm³/mol. The Labute approximate surface area is 638 Å². The number of carbonyl (C=O) groups is 4. The Morgan fingerprint density at radius 1 is 0.279 bits per heavy atom. The summed E-state index contributed by atoms with van der Waals surface area (Å²) in [6, 6.07) is 0. The van der Waals surface area contributed by atoms with E-state index in [0.29, 0.717) is 25.7 Å². The molecule has 3 N–H and O–H groups in total. The number of esters is 4. The third-order valence-corrected chi connectivity index (χ3v) is 22.1. The molecule has 3 unspecified atom stereocenters. The van der Waals surface area contributed by atoms with Crippen LogP contribution in [0.4, 0.5) is 0 Å². The number of phosphoric acid groups is 2.